The molecule has 0 saturated heterocycles. The largest absolute Gasteiger partial charge is 0.481 e. The Labute approximate surface area is 210 Å². The van der Waals surface area contributed by atoms with E-state index in [2.05, 4.69) is 9.47 Å². The predicted octanol–water partition coefficient (Wildman–Crippen LogP) is -1.61. The van der Waals surface area contributed by atoms with Crippen molar-refractivity contribution in [2.45, 2.75) is 49.7 Å². The molecule has 0 aliphatic heterocycles. The van der Waals surface area contributed by atoms with Crippen molar-refractivity contribution in [3.8, 4) is 0 Å². The summed E-state index contributed by atoms with van der Waals surface area (Å²) in [5.41, 5.74) is -6.04. The molecular formula is C16H18Fe2O16. The second-order valence-electron chi connectivity index (χ2n) is 6.33. The molecule has 0 aliphatic carbocycles. The molecule has 16 nitrogen and oxygen atoms in total. The third kappa shape index (κ3) is 11.6. The maximum absolute atomic E-state index is 11.9. The normalized spacial score (nSPS) is 10.5. The summed E-state index contributed by atoms with van der Waals surface area (Å²) in [5, 5.41) is 53.5. The Morgan fingerprint density at radius 3 is 0.824 bits per heavy atom. The Morgan fingerprint density at radius 2 is 0.676 bits per heavy atom. The summed E-state index contributed by atoms with van der Waals surface area (Å²) < 4.78 is 8.93. The van der Waals surface area contributed by atoms with E-state index >= 15 is 0 Å². The number of rotatable bonds is 15. The first kappa shape index (κ1) is 35.4. The van der Waals surface area contributed by atoms with Crippen LogP contribution in [0.2, 0.25) is 0 Å². The maximum Gasteiger partial charge on any atom is 0.349 e. The van der Waals surface area contributed by atoms with Crippen LogP contribution in [0.15, 0.2) is 0 Å². The van der Waals surface area contributed by atoms with Gasteiger partial charge in [-0.15, -0.1) is 0 Å². The Hall–Kier alpha value is -3.20. The van der Waals surface area contributed by atoms with Crippen LogP contribution in [0.3, 0.4) is 0 Å². The minimum atomic E-state index is -3.02. The van der Waals surface area contributed by atoms with E-state index in [1.807, 2.05) is 0 Å². The number of hydrogen-bond acceptors (Lipinski definition) is 10. The van der Waals surface area contributed by atoms with E-state index in [9.17, 15) is 38.4 Å². The Morgan fingerprint density at radius 1 is 0.471 bits per heavy atom. The molecule has 0 unspecified atom stereocenters. The summed E-state index contributed by atoms with van der Waals surface area (Å²) >= 11 is 0. The molecule has 194 valence electrons. The number of aliphatic carboxylic acids is 6. The molecule has 0 fully saturated rings. The monoisotopic (exact) mass is 578 g/mol. The smallest absolute Gasteiger partial charge is 0.349 e. The van der Waals surface area contributed by atoms with Crippen LogP contribution in [0.25, 0.3) is 0 Å². The van der Waals surface area contributed by atoms with Gasteiger partial charge in [-0.3, -0.25) is 28.8 Å². The third-order valence-corrected chi connectivity index (χ3v) is 3.68. The summed E-state index contributed by atoms with van der Waals surface area (Å²) in [6.45, 7) is 0. The molecule has 0 atom stereocenters. The molecule has 0 bridgehead atoms. The van der Waals surface area contributed by atoms with E-state index in [1.54, 1.807) is 0 Å². The second-order valence-corrected chi connectivity index (χ2v) is 6.33. The molecule has 0 rings (SSSR count). The Balaban J connectivity index is -0.00000480. The SMILES string of the molecule is O=C(O)CC(CC(=O)O)(OC(=O)CCC(=O)OC(CC(=O)O)(CC(=O)O)C(=O)O)C(=O)O.[Fe].[Fe]. The fraction of sp³-hybridized carbons (Fsp3) is 0.500. The zero-order chi connectivity index (χ0) is 25.3. The van der Waals surface area contributed by atoms with Gasteiger partial charge in [-0.05, 0) is 0 Å². The van der Waals surface area contributed by atoms with Crippen molar-refractivity contribution in [2.24, 2.45) is 0 Å². The molecule has 0 heterocycles. The van der Waals surface area contributed by atoms with E-state index in [1.165, 1.54) is 0 Å². The van der Waals surface area contributed by atoms with Gasteiger partial charge in [0.2, 0.25) is 11.2 Å². The van der Waals surface area contributed by atoms with Gasteiger partial charge in [0.25, 0.3) is 0 Å². The van der Waals surface area contributed by atoms with Gasteiger partial charge in [0.05, 0.1) is 38.5 Å². The molecular weight excluding hydrogens is 560 g/mol. The standard InChI is InChI=1S/C16H18O16.2Fe/c17-7(18)3-15(13(27)28,4-8(19)20)31-11(25)1-2-12(26)32-16(14(29)30,5-9(21)22)6-10(23)24;;/h1-6H2,(H,17,18)(H,19,20)(H,21,22)(H,23,24)(H,27,28)(H,29,30);;. The van der Waals surface area contributed by atoms with E-state index in [-0.39, 0.29) is 34.1 Å². The fourth-order valence-corrected chi connectivity index (χ4v) is 2.38. The van der Waals surface area contributed by atoms with E-state index in [0.29, 0.717) is 0 Å². The zero-order valence-corrected chi connectivity index (χ0v) is 18.9. The minimum Gasteiger partial charge on any atom is -0.481 e. The fourth-order valence-electron chi connectivity index (χ4n) is 2.38. The number of esters is 2. The molecule has 0 aromatic carbocycles. The number of carbonyl (C=O) groups is 8. The third-order valence-electron chi connectivity index (χ3n) is 3.68. The molecule has 34 heavy (non-hydrogen) atoms. The van der Waals surface area contributed by atoms with E-state index in [4.69, 9.17) is 30.6 Å². The number of ether oxygens (including phenoxy) is 2. The summed E-state index contributed by atoms with van der Waals surface area (Å²) in [6, 6.07) is 0. The molecule has 0 aliphatic rings. The van der Waals surface area contributed by atoms with Gasteiger partial charge in [-0.1, -0.05) is 0 Å². The van der Waals surface area contributed by atoms with Crippen LogP contribution >= 0.6 is 0 Å². The first-order valence-electron chi connectivity index (χ1n) is 8.33. The van der Waals surface area contributed by atoms with Gasteiger partial charge >= 0.3 is 47.8 Å². The number of hydrogen-bond donors (Lipinski definition) is 6. The van der Waals surface area contributed by atoms with Gasteiger partial charge in [0, 0.05) is 34.1 Å². The van der Waals surface area contributed by atoms with Crippen molar-refractivity contribution in [1.82, 2.24) is 0 Å². The predicted molar refractivity (Wildman–Crippen MR) is 91.2 cm³/mol. The topological polar surface area (TPSA) is 276 Å². The molecule has 6 N–H and O–H groups in total. The van der Waals surface area contributed by atoms with E-state index in [0.717, 1.165) is 0 Å². The first-order valence-corrected chi connectivity index (χ1v) is 8.33. The van der Waals surface area contributed by atoms with Crippen LogP contribution in [0.1, 0.15) is 38.5 Å². The summed E-state index contributed by atoms with van der Waals surface area (Å²) in [7, 11) is 0. The van der Waals surface area contributed by atoms with Gasteiger partial charge in [-0.25, -0.2) is 9.59 Å². The van der Waals surface area contributed by atoms with E-state index < -0.39 is 97.5 Å². The van der Waals surface area contributed by atoms with Crippen molar-refractivity contribution < 1.29 is 113 Å². The summed E-state index contributed by atoms with van der Waals surface area (Å²) in [4.78, 5) is 90.0. The molecule has 18 heteroatoms. The van der Waals surface area contributed by atoms with Gasteiger partial charge in [0.15, 0.2) is 0 Å². The minimum absolute atomic E-state index is 0. The maximum atomic E-state index is 11.9. The average molecular weight is 578 g/mol. The molecule has 0 saturated carbocycles. The Kier molecular flexibility index (Phi) is 15.5. The van der Waals surface area contributed by atoms with Crippen LogP contribution in [-0.2, 0) is 82.0 Å². The number of carbonyl (C=O) groups excluding carboxylic acids is 2. The van der Waals surface area contributed by atoms with Crippen LogP contribution in [0.4, 0.5) is 0 Å². The second kappa shape index (κ2) is 14.8. The molecule has 0 radical (unpaired) electrons. The first-order chi connectivity index (χ1) is 14.5. The van der Waals surface area contributed by atoms with Crippen LogP contribution in [0, 0.1) is 0 Å². The van der Waals surface area contributed by atoms with Gasteiger partial charge in [-0.2, -0.15) is 0 Å². The summed E-state index contributed by atoms with van der Waals surface area (Å²) in [6.07, 6.45) is -7.89. The van der Waals surface area contributed by atoms with Crippen molar-refractivity contribution in [3.05, 3.63) is 0 Å². The van der Waals surface area contributed by atoms with Gasteiger partial charge < -0.3 is 40.1 Å². The summed E-state index contributed by atoms with van der Waals surface area (Å²) in [5.74, 6) is -14.7. The molecule has 0 amide bonds. The van der Waals surface area contributed by atoms with Crippen molar-refractivity contribution in [2.75, 3.05) is 0 Å². The Bertz CT molecular complexity index is 735. The molecule has 0 spiro atoms. The van der Waals surface area contributed by atoms with Crippen LogP contribution < -0.4 is 0 Å². The average Bonchev–Trinajstić information content (AvgIpc) is 2.57. The zero-order valence-electron chi connectivity index (χ0n) is 16.7. The van der Waals surface area contributed by atoms with Crippen molar-refractivity contribution in [3.63, 3.8) is 0 Å². The van der Waals surface area contributed by atoms with Crippen LogP contribution in [-0.4, -0.2) is 89.6 Å². The quantitative estimate of drug-likeness (QED) is 0.0942. The number of carboxylic acid groups (broad SMARTS) is 6. The number of carboxylic acids is 6. The molecule has 0 aromatic rings. The van der Waals surface area contributed by atoms with Crippen molar-refractivity contribution >= 4 is 47.8 Å². The van der Waals surface area contributed by atoms with Gasteiger partial charge in [0.1, 0.15) is 0 Å². The van der Waals surface area contributed by atoms with Crippen LogP contribution in [0.5, 0.6) is 0 Å². The van der Waals surface area contributed by atoms with Crippen molar-refractivity contribution in [1.29, 1.82) is 0 Å². The molecule has 0 aromatic heterocycles.